The number of carbonyl (C=O) groups is 2. The highest BCUT2D eigenvalue weighted by atomic mass is 35.5. The van der Waals surface area contributed by atoms with Crippen LogP contribution in [0.3, 0.4) is 0 Å². The number of fused-ring (bicyclic) bond motifs is 1. The van der Waals surface area contributed by atoms with Gasteiger partial charge in [0, 0.05) is 4.88 Å². The van der Waals surface area contributed by atoms with Gasteiger partial charge in [-0.15, -0.1) is 22.9 Å². The molecule has 2 heterocycles. The molecule has 1 aliphatic rings. The highest BCUT2D eigenvalue weighted by Crippen LogP contribution is 2.35. The van der Waals surface area contributed by atoms with Gasteiger partial charge in [0.05, 0.1) is 16.8 Å². The minimum atomic E-state index is -0.319. The number of thiophene rings is 1. The average molecular weight is 307 g/mol. The van der Waals surface area contributed by atoms with E-state index in [9.17, 15) is 9.59 Å². The van der Waals surface area contributed by atoms with Crippen LogP contribution in [0.15, 0.2) is 35.7 Å². The van der Waals surface area contributed by atoms with Gasteiger partial charge in [0.2, 0.25) is 11.8 Å². The number of rotatable bonds is 2. The Morgan fingerprint density at radius 3 is 2.55 bits per heavy atom. The van der Waals surface area contributed by atoms with Gasteiger partial charge in [0.1, 0.15) is 6.42 Å². The summed E-state index contributed by atoms with van der Waals surface area (Å²) in [4.78, 5) is 24.1. The molecule has 1 aromatic carbocycles. The summed E-state index contributed by atoms with van der Waals surface area (Å²) < 4.78 is 0. The van der Waals surface area contributed by atoms with E-state index in [-0.39, 0.29) is 23.6 Å². The minimum Gasteiger partial charge on any atom is -0.324 e. The van der Waals surface area contributed by atoms with Gasteiger partial charge in [-0.05, 0) is 29.1 Å². The third-order valence-corrected chi connectivity index (χ3v) is 4.55. The van der Waals surface area contributed by atoms with Crippen LogP contribution in [-0.2, 0) is 9.59 Å². The molecule has 0 spiro atoms. The van der Waals surface area contributed by atoms with Crippen LogP contribution in [-0.4, -0.2) is 11.8 Å². The molecule has 1 aliphatic heterocycles. The summed E-state index contributed by atoms with van der Waals surface area (Å²) in [5, 5.41) is 7.11. The first-order chi connectivity index (χ1) is 9.63. The second-order valence-corrected chi connectivity index (χ2v) is 5.87. The number of alkyl halides is 1. The van der Waals surface area contributed by atoms with E-state index in [2.05, 4.69) is 10.6 Å². The molecule has 102 valence electrons. The van der Waals surface area contributed by atoms with Gasteiger partial charge in [-0.25, -0.2) is 0 Å². The SMILES string of the molecule is O=C1CC(=O)Nc2cc(C(Cl)c3cccs3)ccc2N1. The first-order valence-electron chi connectivity index (χ1n) is 6.04. The smallest absolute Gasteiger partial charge is 0.233 e. The third-order valence-electron chi connectivity index (χ3n) is 3.00. The maximum atomic E-state index is 11.6. The maximum absolute atomic E-state index is 11.6. The molecule has 4 nitrogen and oxygen atoms in total. The molecule has 0 radical (unpaired) electrons. The van der Waals surface area contributed by atoms with E-state index in [1.54, 1.807) is 23.5 Å². The number of benzene rings is 1. The lowest BCUT2D eigenvalue weighted by Gasteiger charge is -2.12. The minimum absolute atomic E-state index is 0.167. The molecule has 6 heteroatoms. The summed E-state index contributed by atoms with van der Waals surface area (Å²) in [6.45, 7) is 0. The van der Waals surface area contributed by atoms with Crippen molar-refractivity contribution in [1.29, 1.82) is 0 Å². The van der Waals surface area contributed by atoms with Crippen molar-refractivity contribution in [2.24, 2.45) is 0 Å². The number of anilines is 2. The number of carbonyl (C=O) groups excluding carboxylic acids is 2. The zero-order valence-corrected chi connectivity index (χ0v) is 11.9. The van der Waals surface area contributed by atoms with Crippen molar-refractivity contribution in [2.45, 2.75) is 11.8 Å². The summed E-state index contributed by atoms with van der Waals surface area (Å²) in [6.07, 6.45) is -0.167. The van der Waals surface area contributed by atoms with Gasteiger partial charge in [-0.2, -0.15) is 0 Å². The molecule has 3 rings (SSSR count). The molecule has 1 aromatic heterocycles. The number of hydrogen-bond acceptors (Lipinski definition) is 3. The van der Waals surface area contributed by atoms with Gasteiger partial charge < -0.3 is 10.6 Å². The van der Waals surface area contributed by atoms with Crippen LogP contribution in [0, 0.1) is 0 Å². The lowest BCUT2D eigenvalue weighted by molar-refractivity contribution is -0.123. The lowest BCUT2D eigenvalue weighted by atomic mass is 10.1. The Bertz CT molecular complexity index is 670. The average Bonchev–Trinajstić information content (AvgIpc) is 2.88. The van der Waals surface area contributed by atoms with E-state index >= 15 is 0 Å². The van der Waals surface area contributed by atoms with Crippen LogP contribution in [0.4, 0.5) is 11.4 Å². The van der Waals surface area contributed by atoms with Gasteiger partial charge in [-0.1, -0.05) is 12.1 Å². The fourth-order valence-electron chi connectivity index (χ4n) is 2.07. The van der Waals surface area contributed by atoms with E-state index in [4.69, 9.17) is 11.6 Å². The maximum Gasteiger partial charge on any atom is 0.233 e. The lowest BCUT2D eigenvalue weighted by Crippen LogP contribution is -2.16. The quantitative estimate of drug-likeness (QED) is 0.660. The number of nitrogens with one attached hydrogen (secondary N) is 2. The molecule has 0 fully saturated rings. The molecule has 0 saturated heterocycles. The van der Waals surface area contributed by atoms with Crippen LogP contribution in [0.5, 0.6) is 0 Å². The molecule has 1 atom stereocenters. The third kappa shape index (κ3) is 2.55. The summed E-state index contributed by atoms with van der Waals surface area (Å²) >= 11 is 8.01. The normalized spacial score (nSPS) is 15.8. The van der Waals surface area contributed by atoms with Crippen molar-refractivity contribution in [3.8, 4) is 0 Å². The molecule has 2 aromatic rings. The topological polar surface area (TPSA) is 58.2 Å². The molecule has 0 aliphatic carbocycles. The second-order valence-electron chi connectivity index (χ2n) is 4.46. The van der Waals surface area contributed by atoms with Crippen molar-refractivity contribution >= 4 is 46.1 Å². The van der Waals surface area contributed by atoms with Crippen molar-refractivity contribution in [3.63, 3.8) is 0 Å². The zero-order valence-electron chi connectivity index (χ0n) is 10.4. The van der Waals surface area contributed by atoms with E-state index in [1.807, 2.05) is 23.6 Å². The first kappa shape index (κ1) is 13.1. The summed E-state index contributed by atoms with van der Waals surface area (Å²) in [7, 11) is 0. The highest BCUT2D eigenvalue weighted by molar-refractivity contribution is 7.10. The fourth-order valence-corrected chi connectivity index (χ4v) is 3.16. The zero-order chi connectivity index (χ0) is 14.1. The number of hydrogen-bond donors (Lipinski definition) is 2. The van der Waals surface area contributed by atoms with Gasteiger partial charge in [0.15, 0.2) is 0 Å². The largest absolute Gasteiger partial charge is 0.324 e. The Kier molecular flexibility index (Phi) is 3.46. The Hall–Kier alpha value is -1.85. The monoisotopic (exact) mass is 306 g/mol. The predicted octanol–water partition coefficient (Wildman–Crippen LogP) is 3.36. The summed E-state index contributed by atoms with van der Waals surface area (Å²) in [5.41, 5.74) is 2.06. The van der Waals surface area contributed by atoms with Crippen LogP contribution in [0.2, 0.25) is 0 Å². The van der Waals surface area contributed by atoms with Crippen LogP contribution in [0.1, 0.15) is 22.2 Å². The van der Waals surface area contributed by atoms with E-state index in [0.29, 0.717) is 11.4 Å². The predicted molar refractivity (Wildman–Crippen MR) is 80.3 cm³/mol. The van der Waals surface area contributed by atoms with E-state index in [1.165, 1.54) is 0 Å². The Labute approximate surface area is 124 Å². The molecule has 1 unspecified atom stereocenters. The van der Waals surface area contributed by atoms with Crippen molar-refractivity contribution in [2.75, 3.05) is 10.6 Å². The van der Waals surface area contributed by atoms with Crippen molar-refractivity contribution in [1.82, 2.24) is 0 Å². The summed E-state index contributed by atoms with van der Waals surface area (Å²) in [5.74, 6) is -0.629. The van der Waals surface area contributed by atoms with Crippen LogP contribution >= 0.6 is 22.9 Å². The Morgan fingerprint density at radius 1 is 1.10 bits per heavy atom. The van der Waals surface area contributed by atoms with Crippen LogP contribution in [0.25, 0.3) is 0 Å². The molecular formula is C14H11ClN2O2S. The van der Waals surface area contributed by atoms with Crippen LogP contribution < -0.4 is 10.6 Å². The molecule has 2 amide bonds. The standard InChI is InChI=1S/C14H11ClN2O2S/c15-14(11-2-1-5-20-11)8-3-4-9-10(6-8)17-13(19)7-12(18)16-9/h1-6,14H,7H2,(H,16,18)(H,17,19). The Morgan fingerprint density at radius 2 is 1.85 bits per heavy atom. The fraction of sp³-hybridized carbons (Fsp3) is 0.143. The number of amides is 2. The highest BCUT2D eigenvalue weighted by Gasteiger charge is 2.20. The van der Waals surface area contributed by atoms with E-state index in [0.717, 1.165) is 10.4 Å². The van der Waals surface area contributed by atoms with Crippen molar-refractivity contribution in [3.05, 3.63) is 46.2 Å². The molecule has 0 saturated carbocycles. The van der Waals surface area contributed by atoms with Gasteiger partial charge >= 0.3 is 0 Å². The summed E-state index contributed by atoms with van der Waals surface area (Å²) in [6, 6.07) is 9.33. The van der Waals surface area contributed by atoms with E-state index < -0.39 is 0 Å². The molecule has 0 bridgehead atoms. The molecular weight excluding hydrogens is 296 g/mol. The number of halogens is 1. The first-order valence-corrected chi connectivity index (χ1v) is 7.36. The molecule has 2 N–H and O–H groups in total. The van der Waals surface area contributed by atoms with Gasteiger partial charge in [0.25, 0.3) is 0 Å². The Balaban J connectivity index is 1.96. The van der Waals surface area contributed by atoms with Gasteiger partial charge in [-0.3, -0.25) is 9.59 Å². The molecule has 20 heavy (non-hydrogen) atoms. The van der Waals surface area contributed by atoms with Crippen molar-refractivity contribution < 1.29 is 9.59 Å². The second kappa shape index (κ2) is 5.26.